The standard InChI is InChI=1S/C34H39BN2O5/c1-32(2,3)40-31(38)37-14-8-9-29(37)28-17-25-24-18-30-26(16-20(24)10-13-27(25)36-28)23-12-11-22(15-21(23)19-39-30)35-41-33(4,5)34(6,7)42-35/h10-13,15-16,18,29H,8-9,14,17,19H2,1-7H3. The van der Waals surface area contributed by atoms with Crippen molar-refractivity contribution in [3.8, 4) is 16.9 Å². The van der Waals surface area contributed by atoms with Gasteiger partial charge in [0, 0.05) is 24.2 Å². The van der Waals surface area contributed by atoms with E-state index < -0.39 is 12.7 Å². The molecule has 0 bridgehead atoms. The zero-order valence-corrected chi connectivity index (χ0v) is 25.7. The fourth-order valence-corrected chi connectivity index (χ4v) is 6.52. The summed E-state index contributed by atoms with van der Waals surface area (Å²) in [5.74, 6) is 0.886. The number of rotatable bonds is 2. The third-order valence-electron chi connectivity index (χ3n) is 9.42. The number of hydrogen-bond donors (Lipinski definition) is 0. The molecule has 0 aliphatic carbocycles. The van der Waals surface area contributed by atoms with Crippen LogP contribution in [0.4, 0.5) is 10.5 Å². The number of benzene rings is 3. The maximum atomic E-state index is 12.9. The second-order valence-corrected chi connectivity index (χ2v) is 14.0. The molecular weight excluding hydrogens is 527 g/mol. The minimum Gasteiger partial charge on any atom is -0.488 e. The van der Waals surface area contributed by atoms with Gasteiger partial charge in [0.25, 0.3) is 0 Å². The average molecular weight is 567 g/mol. The molecule has 7 rings (SSSR count). The number of ether oxygens (including phenoxy) is 2. The van der Waals surface area contributed by atoms with Gasteiger partial charge in [-0.15, -0.1) is 0 Å². The Morgan fingerprint density at radius 1 is 1.02 bits per heavy atom. The van der Waals surface area contributed by atoms with Crippen LogP contribution in [0.15, 0.2) is 47.5 Å². The van der Waals surface area contributed by atoms with Gasteiger partial charge in [0.05, 0.1) is 22.9 Å². The maximum absolute atomic E-state index is 12.9. The fourth-order valence-electron chi connectivity index (χ4n) is 6.52. The van der Waals surface area contributed by atoms with E-state index in [1.807, 2.05) is 25.7 Å². The molecule has 2 fully saturated rings. The molecule has 3 aromatic rings. The molecule has 0 aromatic heterocycles. The Morgan fingerprint density at radius 3 is 2.52 bits per heavy atom. The van der Waals surface area contributed by atoms with Gasteiger partial charge in [0.15, 0.2) is 0 Å². The van der Waals surface area contributed by atoms with Crippen molar-refractivity contribution in [3.63, 3.8) is 0 Å². The molecule has 218 valence electrons. The fraction of sp³-hybridized carbons (Fsp3) is 0.471. The van der Waals surface area contributed by atoms with Gasteiger partial charge >= 0.3 is 13.2 Å². The summed E-state index contributed by atoms with van der Waals surface area (Å²) in [4.78, 5) is 19.8. The van der Waals surface area contributed by atoms with Crippen LogP contribution in [-0.4, -0.2) is 53.2 Å². The normalized spacial score (nSPS) is 22.0. The van der Waals surface area contributed by atoms with Crippen molar-refractivity contribution in [2.24, 2.45) is 4.99 Å². The van der Waals surface area contributed by atoms with Gasteiger partial charge in [0.2, 0.25) is 0 Å². The van der Waals surface area contributed by atoms with Crippen molar-refractivity contribution in [2.45, 2.75) is 97.2 Å². The first-order valence-electron chi connectivity index (χ1n) is 15.1. The first-order valence-corrected chi connectivity index (χ1v) is 15.1. The quantitative estimate of drug-likeness (QED) is 0.322. The van der Waals surface area contributed by atoms with E-state index >= 15 is 0 Å². The number of carbonyl (C=O) groups excluding carboxylic acids is 1. The maximum Gasteiger partial charge on any atom is 0.494 e. The highest BCUT2D eigenvalue weighted by atomic mass is 16.7. The first-order chi connectivity index (χ1) is 19.8. The van der Waals surface area contributed by atoms with Crippen LogP contribution >= 0.6 is 0 Å². The van der Waals surface area contributed by atoms with Crippen molar-refractivity contribution in [2.75, 3.05) is 6.54 Å². The number of amides is 1. The molecule has 2 saturated heterocycles. The van der Waals surface area contributed by atoms with E-state index in [2.05, 4.69) is 70.2 Å². The largest absolute Gasteiger partial charge is 0.494 e. The summed E-state index contributed by atoms with van der Waals surface area (Å²) in [5, 5.41) is 2.31. The molecule has 0 N–H and O–H groups in total. The van der Waals surface area contributed by atoms with E-state index in [1.54, 1.807) is 0 Å². The van der Waals surface area contributed by atoms with Gasteiger partial charge in [-0.3, -0.25) is 9.89 Å². The van der Waals surface area contributed by atoms with Gasteiger partial charge in [-0.05, 0) is 112 Å². The Balaban J connectivity index is 1.16. The molecule has 42 heavy (non-hydrogen) atoms. The monoisotopic (exact) mass is 566 g/mol. The molecule has 4 heterocycles. The smallest absolute Gasteiger partial charge is 0.488 e. The highest BCUT2D eigenvalue weighted by Crippen LogP contribution is 2.44. The predicted molar refractivity (Wildman–Crippen MR) is 166 cm³/mol. The first kappa shape index (κ1) is 27.5. The van der Waals surface area contributed by atoms with Crippen LogP contribution in [-0.2, 0) is 27.1 Å². The Morgan fingerprint density at radius 2 is 1.79 bits per heavy atom. The lowest BCUT2D eigenvalue weighted by molar-refractivity contribution is 0.00578. The van der Waals surface area contributed by atoms with E-state index in [0.29, 0.717) is 13.2 Å². The second kappa shape index (κ2) is 9.32. The van der Waals surface area contributed by atoms with Crippen molar-refractivity contribution >= 4 is 40.8 Å². The molecular formula is C34H39BN2O5. The van der Waals surface area contributed by atoms with E-state index in [0.717, 1.165) is 63.8 Å². The summed E-state index contributed by atoms with van der Waals surface area (Å²) >= 11 is 0. The van der Waals surface area contributed by atoms with Crippen molar-refractivity contribution in [1.29, 1.82) is 0 Å². The van der Waals surface area contributed by atoms with Gasteiger partial charge in [-0.2, -0.15) is 0 Å². The van der Waals surface area contributed by atoms with E-state index in [4.69, 9.17) is 23.8 Å². The number of carbonyl (C=O) groups is 1. The number of nitrogens with zero attached hydrogens (tertiary/aromatic N) is 2. The summed E-state index contributed by atoms with van der Waals surface area (Å²) in [6.45, 7) is 15.2. The topological polar surface area (TPSA) is 69.6 Å². The van der Waals surface area contributed by atoms with Gasteiger partial charge in [-0.1, -0.05) is 24.3 Å². The minimum atomic E-state index is -0.522. The van der Waals surface area contributed by atoms with Crippen LogP contribution in [0, 0.1) is 0 Å². The minimum absolute atomic E-state index is 0.0266. The van der Waals surface area contributed by atoms with Gasteiger partial charge < -0.3 is 18.8 Å². The third kappa shape index (κ3) is 4.51. The summed E-state index contributed by atoms with van der Waals surface area (Å²) in [6, 6.07) is 15.1. The molecule has 3 aromatic carbocycles. The van der Waals surface area contributed by atoms with Crippen molar-refractivity contribution in [3.05, 3.63) is 53.6 Å². The lowest BCUT2D eigenvalue weighted by atomic mass is 9.77. The van der Waals surface area contributed by atoms with Crippen LogP contribution in [0.2, 0.25) is 0 Å². The number of fused-ring (bicyclic) bond motifs is 6. The van der Waals surface area contributed by atoms with E-state index in [1.165, 1.54) is 11.1 Å². The Bertz CT molecular complexity index is 1640. The van der Waals surface area contributed by atoms with Crippen LogP contribution < -0.4 is 10.2 Å². The molecule has 1 atom stereocenters. The molecule has 0 saturated carbocycles. The average Bonchev–Trinajstić information content (AvgIpc) is 3.62. The number of likely N-dealkylation sites (tertiary alicyclic amines) is 1. The van der Waals surface area contributed by atoms with Gasteiger partial charge in [0.1, 0.15) is 18.0 Å². The highest BCUT2D eigenvalue weighted by Gasteiger charge is 2.51. The summed E-state index contributed by atoms with van der Waals surface area (Å²) in [5.41, 5.74) is 6.34. The summed E-state index contributed by atoms with van der Waals surface area (Å²) < 4.78 is 24.6. The Labute approximate surface area is 248 Å². The molecule has 4 aliphatic rings. The van der Waals surface area contributed by atoms with Crippen LogP contribution in [0.25, 0.3) is 21.9 Å². The van der Waals surface area contributed by atoms with E-state index in [9.17, 15) is 4.79 Å². The summed E-state index contributed by atoms with van der Waals surface area (Å²) in [6.07, 6.45) is 2.34. The molecule has 1 amide bonds. The lowest BCUT2D eigenvalue weighted by Gasteiger charge is -2.32. The Kier molecular flexibility index (Phi) is 6.10. The van der Waals surface area contributed by atoms with Crippen molar-refractivity contribution in [1.82, 2.24) is 4.90 Å². The van der Waals surface area contributed by atoms with Crippen molar-refractivity contribution < 1.29 is 23.6 Å². The molecule has 0 radical (unpaired) electrons. The zero-order valence-electron chi connectivity index (χ0n) is 25.7. The van der Waals surface area contributed by atoms with Crippen LogP contribution in [0.1, 0.15) is 72.4 Å². The third-order valence-corrected chi connectivity index (χ3v) is 9.42. The predicted octanol–water partition coefficient (Wildman–Crippen LogP) is 6.73. The van der Waals surface area contributed by atoms with Crippen LogP contribution in [0.3, 0.4) is 0 Å². The van der Waals surface area contributed by atoms with Crippen LogP contribution in [0.5, 0.6) is 5.75 Å². The number of aliphatic imine (C=N–C) groups is 1. The molecule has 0 spiro atoms. The molecule has 1 unspecified atom stereocenters. The molecule has 4 aliphatic heterocycles. The molecule has 8 heteroatoms. The van der Waals surface area contributed by atoms with Gasteiger partial charge in [-0.25, -0.2) is 4.79 Å². The summed E-state index contributed by atoms with van der Waals surface area (Å²) in [7, 11) is -0.402. The highest BCUT2D eigenvalue weighted by molar-refractivity contribution is 6.62. The second-order valence-electron chi connectivity index (χ2n) is 14.0. The number of hydrogen-bond acceptors (Lipinski definition) is 6. The van der Waals surface area contributed by atoms with E-state index in [-0.39, 0.29) is 23.3 Å². The molecule has 7 nitrogen and oxygen atoms in total. The Hall–Kier alpha value is -3.36. The SMILES string of the molecule is CC(C)(C)OC(=O)N1CCCC1C1=Nc2ccc3cc4c(cc3c2C1)OCc1cc(B2OC(C)(C)C(C)(C)O2)ccc1-4. The zero-order chi connectivity index (χ0) is 29.6. The lowest BCUT2D eigenvalue weighted by Crippen LogP contribution is -2.43.